The second-order valence-electron chi connectivity index (χ2n) is 4.49. The zero-order valence-electron chi connectivity index (χ0n) is 12.0. The average molecular weight is 339 g/mol. The van der Waals surface area contributed by atoms with E-state index in [4.69, 9.17) is 16.3 Å². The summed E-state index contributed by atoms with van der Waals surface area (Å²) in [5, 5.41) is 5.52. The molecule has 0 aromatic heterocycles. The predicted octanol–water partition coefficient (Wildman–Crippen LogP) is 4.47. The summed E-state index contributed by atoms with van der Waals surface area (Å²) < 4.78 is 42.9. The highest BCUT2D eigenvalue weighted by Gasteiger charge is 2.31. The van der Waals surface area contributed by atoms with Crippen LogP contribution < -0.4 is 10.1 Å². The number of nitrogens with zero attached hydrogens (tertiary/aromatic N) is 1. The van der Waals surface area contributed by atoms with Gasteiger partial charge in [0.05, 0.1) is 18.4 Å². The maximum atomic E-state index is 12.7. The molecule has 1 rings (SSSR count). The van der Waals surface area contributed by atoms with Gasteiger partial charge in [-0.3, -0.25) is 10.2 Å². The summed E-state index contributed by atoms with van der Waals surface area (Å²) >= 11 is 5.68. The van der Waals surface area contributed by atoms with Crippen molar-refractivity contribution in [2.75, 3.05) is 12.4 Å². The van der Waals surface area contributed by atoms with E-state index < -0.39 is 17.8 Å². The first-order chi connectivity index (χ1) is 10.1. The van der Waals surface area contributed by atoms with Gasteiger partial charge < -0.3 is 4.74 Å². The Hall–Kier alpha value is -1.96. The summed E-state index contributed by atoms with van der Waals surface area (Å²) in [6, 6.07) is 2.65. The zero-order chi connectivity index (χ0) is 16.9. The lowest BCUT2D eigenvalue weighted by molar-refractivity contribution is -0.137. The highest BCUT2D eigenvalue weighted by Crippen LogP contribution is 2.34. The first-order valence-corrected chi connectivity index (χ1v) is 6.49. The third kappa shape index (κ3) is 5.10. The number of alkyl halides is 3. The predicted molar refractivity (Wildman–Crippen MR) is 76.2 cm³/mol. The van der Waals surface area contributed by atoms with E-state index in [1.54, 1.807) is 13.8 Å². The van der Waals surface area contributed by atoms with Crippen LogP contribution in [0.15, 0.2) is 23.4 Å². The second kappa shape index (κ2) is 7.35. The van der Waals surface area contributed by atoms with Crippen LogP contribution in [-0.4, -0.2) is 18.4 Å². The van der Waals surface area contributed by atoms with E-state index in [0.717, 1.165) is 18.2 Å². The quantitative estimate of drug-likeness (QED) is 0.500. The van der Waals surface area contributed by atoms with Gasteiger partial charge in [0.2, 0.25) is 0 Å². The van der Waals surface area contributed by atoms with Crippen molar-refractivity contribution in [3.8, 4) is 5.75 Å². The van der Waals surface area contributed by atoms with Gasteiger partial charge in [-0.05, 0) is 18.2 Å². The average Bonchev–Trinajstić information content (AvgIpc) is 2.43. The standard InChI is InChI=1S/C13H14ClF3N2O3/c1-7(2)11(14)19-22-12(20)18-9-6-8(13(15,16)17)4-5-10(9)21-3/h4-7H,1-3H3,(H,18,20)/b19-11+. The Morgan fingerprint density at radius 2 is 2.00 bits per heavy atom. The summed E-state index contributed by atoms with van der Waals surface area (Å²) in [4.78, 5) is 16.0. The van der Waals surface area contributed by atoms with Crippen molar-refractivity contribution >= 4 is 28.6 Å². The van der Waals surface area contributed by atoms with E-state index in [2.05, 4.69) is 15.3 Å². The molecular formula is C13H14ClF3N2O3. The molecule has 0 heterocycles. The van der Waals surface area contributed by atoms with Crippen LogP contribution in [0.1, 0.15) is 19.4 Å². The van der Waals surface area contributed by atoms with E-state index in [-0.39, 0.29) is 22.5 Å². The van der Waals surface area contributed by atoms with Gasteiger partial charge in [-0.1, -0.05) is 30.6 Å². The Morgan fingerprint density at radius 1 is 1.36 bits per heavy atom. The number of oxime groups is 1. The van der Waals surface area contributed by atoms with Crippen LogP contribution in [0.25, 0.3) is 0 Å². The number of halogens is 4. The topological polar surface area (TPSA) is 59.9 Å². The van der Waals surface area contributed by atoms with Gasteiger partial charge in [0.15, 0.2) is 0 Å². The highest BCUT2D eigenvalue weighted by molar-refractivity contribution is 6.65. The smallest absolute Gasteiger partial charge is 0.437 e. The molecule has 0 saturated carbocycles. The summed E-state index contributed by atoms with van der Waals surface area (Å²) in [6.07, 6.45) is -5.64. The Bertz CT molecular complexity index is 574. The van der Waals surface area contributed by atoms with Crippen molar-refractivity contribution in [1.29, 1.82) is 0 Å². The summed E-state index contributed by atoms with van der Waals surface area (Å²) in [5.74, 6) is -0.110. The molecule has 0 aliphatic rings. The SMILES string of the molecule is COc1ccc(C(F)(F)F)cc1NC(=O)O/N=C(/Cl)C(C)C. The van der Waals surface area contributed by atoms with Crippen LogP contribution in [0.4, 0.5) is 23.7 Å². The lowest BCUT2D eigenvalue weighted by Crippen LogP contribution is -2.14. The fraction of sp³-hybridized carbons (Fsp3) is 0.385. The van der Waals surface area contributed by atoms with Gasteiger partial charge in [0.25, 0.3) is 0 Å². The third-order valence-electron chi connectivity index (χ3n) is 2.46. The number of methoxy groups -OCH3 is 1. The first-order valence-electron chi connectivity index (χ1n) is 6.11. The lowest BCUT2D eigenvalue weighted by Gasteiger charge is -2.12. The molecule has 122 valence electrons. The maximum absolute atomic E-state index is 12.7. The van der Waals surface area contributed by atoms with Crippen LogP contribution in [0, 0.1) is 5.92 Å². The number of benzene rings is 1. The van der Waals surface area contributed by atoms with E-state index in [0.29, 0.717) is 0 Å². The van der Waals surface area contributed by atoms with Crippen molar-refractivity contribution in [3.05, 3.63) is 23.8 Å². The van der Waals surface area contributed by atoms with E-state index in [1.807, 2.05) is 0 Å². The molecular weight excluding hydrogens is 325 g/mol. The number of carbonyl (C=O) groups excluding carboxylic acids is 1. The third-order valence-corrected chi connectivity index (χ3v) is 2.96. The highest BCUT2D eigenvalue weighted by atomic mass is 35.5. The van der Waals surface area contributed by atoms with Crippen LogP contribution >= 0.6 is 11.6 Å². The van der Waals surface area contributed by atoms with E-state index in [9.17, 15) is 18.0 Å². The monoisotopic (exact) mass is 338 g/mol. The van der Waals surface area contributed by atoms with Crippen molar-refractivity contribution in [3.63, 3.8) is 0 Å². The van der Waals surface area contributed by atoms with Gasteiger partial charge >= 0.3 is 12.3 Å². The molecule has 0 aliphatic carbocycles. The number of anilines is 1. The molecule has 0 unspecified atom stereocenters. The number of hydrogen-bond donors (Lipinski definition) is 1. The number of hydrogen-bond acceptors (Lipinski definition) is 4. The number of amides is 1. The Kier molecular flexibility index (Phi) is 6.04. The molecule has 0 aliphatic heterocycles. The summed E-state index contributed by atoms with van der Waals surface area (Å²) in [6.45, 7) is 3.45. The van der Waals surface area contributed by atoms with Gasteiger partial charge in [-0.25, -0.2) is 4.79 Å². The molecule has 0 atom stereocenters. The van der Waals surface area contributed by atoms with Crippen molar-refractivity contribution in [1.82, 2.24) is 0 Å². The molecule has 0 fully saturated rings. The molecule has 1 aromatic rings. The van der Waals surface area contributed by atoms with Crippen molar-refractivity contribution in [2.24, 2.45) is 11.1 Å². The van der Waals surface area contributed by atoms with E-state index >= 15 is 0 Å². The van der Waals surface area contributed by atoms with Crippen LogP contribution in [0.2, 0.25) is 0 Å². The number of ether oxygens (including phenoxy) is 1. The molecule has 1 N–H and O–H groups in total. The molecule has 1 amide bonds. The minimum Gasteiger partial charge on any atom is -0.495 e. The van der Waals surface area contributed by atoms with Crippen LogP contribution in [0.5, 0.6) is 5.75 Å². The van der Waals surface area contributed by atoms with Gasteiger partial charge in [-0.15, -0.1) is 0 Å². The Morgan fingerprint density at radius 3 is 2.50 bits per heavy atom. The van der Waals surface area contributed by atoms with Crippen molar-refractivity contribution in [2.45, 2.75) is 20.0 Å². The molecule has 9 heteroatoms. The number of carbonyl (C=O) groups is 1. The zero-order valence-corrected chi connectivity index (χ0v) is 12.7. The largest absolute Gasteiger partial charge is 0.495 e. The van der Waals surface area contributed by atoms with Gasteiger partial charge in [0.1, 0.15) is 10.9 Å². The second-order valence-corrected chi connectivity index (χ2v) is 4.87. The molecule has 5 nitrogen and oxygen atoms in total. The van der Waals surface area contributed by atoms with Crippen LogP contribution in [0.3, 0.4) is 0 Å². The summed E-state index contributed by atoms with van der Waals surface area (Å²) in [7, 11) is 1.26. The molecule has 0 saturated heterocycles. The van der Waals surface area contributed by atoms with E-state index in [1.165, 1.54) is 7.11 Å². The number of rotatable bonds is 4. The molecule has 1 aromatic carbocycles. The molecule has 0 radical (unpaired) electrons. The van der Waals surface area contributed by atoms with Crippen molar-refractivity contribution < 1.29 is 27.5 Å². The number of nitrogens with one attached hydrogen (secondary N) is 1. The normalized spacial score (nSPS) is 12.3. The first kappa shape index (κ1) is 18.1. The fourth-order valence-corrected chi connectivity index (χ4v) is 1.34. The maximum Gasteiger partial charge on any atom is 0.437 e. The minimum atomic E-state index is -4.55. The Labute approximate surface area is 130 Å². The molecule has 0 bridgehead atoms. The van der Waals surface area contributed by atoms with Gasteiger partial charge in [0, 0.05) is 5.92 Å². The molecule has 22 heavy (non-hydrogen) atoms. The minimum absolute atomic E-state index is 0.0453. The van der Waals surface area contributed by atoms with Gasteiger partial charge in [-0.2, -0.15) is 13.2 Å². The lowest BCUT2D eigenvalue weighted by atomic mass is 10.2. The van der Waals surface area contributed by atoms with Crippen LogP contribution in [-0.2, 0) is 11.0 Å². The molecule has 0 spiro atoms. The fourth-order valence-electron chi connectivity index (χ4n) is 1.31. The Balaban J connectivity index is 2.91. The summed E-state index contributed by atoms with van der Waals surface area (Å²) in [5.41, 5.74) is -1.13.